The average Bonchev–Trinajstić information content (AvgIpc) is 2.37. The third-order valence-corrected chi connectivity index (χ3v) is 5.88. The van der Waals surface area contributed by atoms with E-state index >= 15 is 0 Å². The van der Waals surface area contributed by atoms with Gasteiger partial charge in [0, 0.05) is 5.92 Å². The van der Waals surface area contributed by atoms with Gasteiger partial charge in [-0.1, -0.05) is 6.92 Å². The van der Waals surface area contributed by atoms with Gasteiger partial charge in [-0.3, -0.25) is 4.79 Å². The maximum absolute atomic E-state index is 12.6. The van der Waals surface area contributed by atoms with Gasteiger partial charge in [-0.05, 0) is 69.1 Å². The van der Waals surface area contributed by atoms with E-state index in [9.17, 15) is 10.1 Å². The van der Waals surface area contributed by atoms with Crippen LogP contribution in [-0.4, -0.2) is 11.4 Å². The van der Waals surface area contributed by atoms with Crippen molar-refractivity contribution in [1.29, 1.82) is 5.26 Å². The maximum atomic E-state index is 12.6. The summed E-state index contributed by atoms with van der Waals surface area (Å²) < 4.78 is 0. The highest BCUT2D eigenvalue weighted by molar-refractivity contribution is 5.80. The van der Waals surface area contributed by atoms with E-state index < -0.39 is 5.54 Å². The van der Waals surface area contributed by atoms with Crippen molar-refractivity contribution < 1.29 is 4.79 Å². The largest absolute Gasteiger partial charge is 0.338 e. The van der Waals surface area contributed by atoms with Gasteiger partial charge in [0.1, 0.15) is 5.54 Å². The second kappa shape index (κ2) is 4.51. The topological polar surface area (TPSA) is 52.9 Å². The summed E-state index contributed by atoms with van der Waals surface area (Å²) >= 11 is 0. The molecule has 0 aromatic heterocycles. The molecule has 19 heavy (non-hydrogen) atoms. The van der Waals surface area contributed by atoms with Gasteiger partial charge in [0.15, 0.2) is 0 Å². The van der Waals surface area contributed by atoms with Crippen LogP contribution in [0.15, 0.2) is 0 Å². The number of carbonyl (C=O) groups excluding carboxylic acids is 1. The van der Waals surface area contributed by atoms with Gasteiger partial charge in [0.25, 0.3) is 0 Å². The molecule has 0 aromatic carbocycles. The van der Waals surface area contributed by atoms with E-state index in [4.69, 9.17) is 0 Å². The lowest BCUT2D eigenvalue weighted by Gasteiger charge is -2.53. The molecule has 1 atom stereocenters. The first-order chi connectivity index (χ1) is 9.04. The summed E-state index contributed by atoms with van der Waals surface area (Å²) in [4.78, 5) is 12.6. The minimum absolute atomic E-state index is 0.153. The van der Waals surface area contributed by atoms with Crippen LogP contribution in [0, 0.1) is 40.9 Å². The molecule has 0 spiro atoms. The Hall–Kier alpha value is -1.04. The Morgan fingerprint density at radius 2 is 1.74 bits per heavy atom. The number of nitrogens with one attached hydrogen (secondary N) is 1. The zero-order chi connectivity index (χ0) is 13.6. The van der Waals surface area contributed by atoms with Crippen LogP contribution in [0.3, 0.4) is 0 Å². The van der Waals surface area contributed by atoms with Crippen LogP contribution >= 0.6 is 0 Å². The minimum Gasteiger partial charge on any atom is -0.338 e. The molecule has 1 N–H and O–H groups in total. The first-order valence-corrected chi connectivity index (χ1v) is 7.78. The van der Waals surface area contributed by atoms with E-state index in [2.05, 4.69) is 11.4 Å². The van der Waals surface area contributed by atoms with Crippen molar-refractivity contribution in [3.63, 3.8) is 0 Å². The Balaban J connectivity index is 1.73. The maximum Gasteiger partial charge on any atom is 0.224 e. The molecule has 0 radical (unpaired) electrons. The van der Waals surface area contributed by atoms with Crippen molar-refractivity contribution in [2.45, 2.75) is 57.9 Å². The molecule has 0 heterocycles. The normalized spacial score (nSPS) is 42.5. The Bertz CT molecular complexity index is 397. The molecule has 4 rings (SSSR count). The summed E-state index contributed by atoms with van der Waals surface area (Å²) in [6.45, 7) is 3.79. The van der Waals surface area contributed by atoms with Gasteiger partial charge in [-0.25, -0.2) is 0 Å². The predicted octanol–water partition coefficient (Wildman–Crippen LogP) is 2.87. The second-order valence-corrected chi connectivity index (χ2v) is 7.24. The van der Waals surface area contributed by atoms with Crippen LogP contribution in [0.1, 0.15) is 52.4 Å². The van der Waals surface area contributed by atoms with Crippen LogP contribution in [0.25, 0.3) is 0 Å². The number of rotatable bonds is 3. The SMILES string of the molecule is CCC(C)(C#N)NC(=O)C1C2CC3CC(C2)CC1C3. The molecular weight excluding hydrogens is 236 g/mol. The molecule has 1 amide bonds. The van der Waals surface area contributed by atoms with E-state index in [0.29, 0.717) is 18.3 Å². The standard InChI is InChI=1S/C16H24N2O/c1-3-16(2,9-17)18-15(19)14-12-5-10-4-11(7-12)8-13(14)6-10/h10-14H,3-8H2,1-2H3,(H,18,19). The first-order valence-electron chi connectivity index (χ1n) is 7.78. The summed E-state index contributed by atoms with van der Waals surface area (Å²) in [5.74, 6) is 3.30. The first kappa shape index (κ1) is 13.0. The van der Waals surface area contributed by atoms with E-state index in [1.165, 1.54) is 32.1 Å². The number of carbonyl (C=O) groups is 1. The van der Waals surface area contributed by atoms with Crippen molar-refractivity contribution in [3.8, 4) is 6.07 Å². The van der Waals surface area contributed by atoms with Crippen molar-refractivity contribution in [2.24, 2.45) is 29.6 Å². The highest BCUT2D eigenvalue weighted by Crippen LogP contribution is 2.56. The lowest BCUT2D eigenvalue weighted by Crippen LogP contribution is -2.55. The predicted molar refractivity (Wildman–Crippen MR) is 73.0 cm³/mol. The lowest BCUT2D eigenvalue weighted by molar-refractivity contribution is -0.139. The van der Waals surface area contributed by atoms with Gasteiger partial charge in [0.05, 0.1) is 6.07 Å². The van der Waals surface area contributed by atoms with Crippen molar-refractivity contribution in [1.82, 2.24) is 5.32 Å². The summed E-state index contributed by atoms with van der Waals surface area (Å²) in [7, 11) is 0. The molecule has 4 saturated carbocycles. The van der Waals surface area contributed by atoms with Crippen LogP contribution in [0.4, 0.5) is 0 Å². The third kappa shape index (κ3) is 2.16. The fourth-order valence-electron chi connectivity index (χ4n) is 4.90. The molecule has 3 nitrogen and oxygen atoms in total. The molecule has 0 aromatic rings. The van der Waals surface area contributed by atoms with Gasteiger partial charge in [-0.2, -0.15) is 5.26 Å². The highest BCUT2D eigenvalue weighted by Gasteiger charge is 2.51. The zero-order valence-corrected chi connectivity index (χ0v) is 12.0. The number of nitrogens with zero attached hydrogens (tertiary/aromatic N) is 1. The zero-order valence-electron chi connectivity index (χ0n) is 12.0. The van der Waals surface area contributed by atoms with Crippen LogP contribution in [0.2, 0.25) is 0 Å². The van der Waals surface area contributed by atoms with Crippen molar-refractivity contribution in [3.05, 3.63) is 0 Å². The fraction of sp³-hybridized carbons (Fsp3) is 0.875. The van der Waals surface area contributed by atoms with Crippen LogP contribution < -0.4 is 5.32 Å². The highest BCUT2D eigenvalue weighted by atomic mass is 16.2. The van der Waals surface area contributed by atoms with Crippen LogP contribution in [0.5, 0.6) is 0 Å². The summed E-state index contributed by atoms with van der Waals surface area (Å²) in [6.07, 6.45) is 7.08. The summed E-state index contributed by atoms with van der Waals surface area (Å²) in [5, 5.41) is 12.2. The number of hydrogen-bond acceptors (Lipinski definition) is 2. The van der Waals surface area contributed by atoms with Crippen molar-refractivity contribution in [2.75, 3.05) is 0 Å². The molecule has 104 valence electrons. The molecule has 0 saturated heterocycles. The van der Waals surface area contributed by atoms with E-state index in [0.717, 1.165) is 11.8 Å². The quantitative estimate of drug-likeness (QED) is 0.848. The monoisotopic (exact) mass is 260 g/mol. The number of nitriles is 1. The fourth-order valence-corrected chi connectivity index (χ4v) is 4.90. The van der Waals surface area contributed by atoms with E-state index in [-0.39, 0.29) is 11.8 Å². The average molecular weight is 260 g/mol. The third-order valence-electron chi connectivity index (χ3n) is 5.88. The molecule has 4 aliphatic rings. The van der Waals surface area contributed by atoms with E-state index in [1.807, 2.05) is 13.8 Å². The van der Waals surface area contributed by atoms with Gasteiger partial charge in [0.2, 0.25) is 5.91 Å². The Morgan fingerprint density at radius 3 is 2.16 bits per heavy atom. The van der Waals surface area contributed by atoms with Gasteiger partial charge in [-0.15, -0.1) is 0 Å². The Morgan fingerprint density at radius 1 is 1.21 bits per heavy atom. The lowest BCUT2D eigenvalue weighted by atomic mass is 9.51. The smallest absolute Gasteiger partial charge is 0.224 e. The summed E-state index contributed by atoms with van der Waals surface area (Å²) in [5.41, 5.74) is -0.689. The van der Waals surface area contributed by atoms with Crippen LogP contribution in [-0.2, 0) is 4.79 Å². The summed E-state index contributed by atoms with van der Waals surface area (Å²) in [6, 6.07) is 2.25. The Labute approximate surface area is 115 Å². The van der Waals surface area contributed by atoms with Crippen molar-refractivity contribution >= 4 is 5.91 Å². The molecule has 4 fully saturated rings. The molecule has 0 aliphatic heterocycles. The molecule has 1 unspecified atom stereocenters. The number of hydrogen-bond donors (Lipinski definition) is 1. The van der Waals surface area contributed by atoms with E-state index in [1.54, 1.807) is 0 Å². The molecule has 3 heteroatoms. The van der Waals surface area contributed by atoms with Gasteiger partial charge < -0.3 is 5.32 Å². The molecule has 4 aliphatic carbocycles. The Kier molecular flexibility index (Phi) is 3.08. The molecule has 4 bridgehead atoms. The minimum atomic E-state index is -0.689. The van der Waals surface area contributed by atoms with Gasteiger partial charge >= 0.3 is 0 Å². The second-order valence-electron chi connectivity index (χ2n) is 7.24. The molecular formula is C16H24N2O. The number of amides is 1.